The van der Waals surface area contributed by atoms with E-state index in [2.05, 4.69) is 21.8 Å². The quantitative estimate of drug-likeness (QED) is 0.391. The number of amides is 1. The summed E-state index contributed by atoms with van der Waals surface area (Å²) in [5.74, 6) is 1.92. The first-order valence-corrected chi connectivity index (χ1v) is 11.3. The second-order valence-electron chi connectivity index (χ2n) is 8.33. The number of carbonyl (C=O) groups is 1. The lowest BCUT2D eigenvalue weighted by molar-refractivity contribution is 0.102. The van der Waals surface area contributed by atoms with Gasteiger partial charge in [-0.2, -0.15) is 5.10 Å². The van der Waals surface area contributed by atoms with Crippen LogP contribution in [-0.4, -0.2) is 29.9 Å². The molecule has 5 rings (SSSR count). The van der Waals surface area contributed by atoms with Crippen LogP contribution in [0.5, 0.6) is 11.5 Å². The predicted molar refractivity (Wildman–Crippen MR) is 137 cm³/mol. The summed E-state index contributed by atoms with van der Waals surface area (Å²) in [7, 11) is 3.29. The van der Waals surface area contributed by atoms with Crippen molar-refractivity contribution in [3.63, 3.8) is 0 Å². The molecule has 1 amide bonds. The molecule has 176 valence electrons. The Morgan fingerprint density at radius 2 is 1.71 bits per heavy atom. The number of allylic oxidation sites excluding steroid dienone is 1. The Balaban J connectivity index is 1.55. The lowest BCUT2D eigenvalue weighted by Crippen LogP contribution is -2.22. The summed E-state index contributed by atoms with van der Waals surface area (Å²) in [6, 6.07) is 23.1. The fourth-order valence-corrected chi connectivity index (χ4v) is 4.10. The largest absolute Gasteiger partial charge is 0.497 e. The van der Waals surface area contributed by atoms with Gasteiger partial charge in [0.2, 0.25) is 0 Å². The van der Waals surface area contributed by atoms with Crippen molar-refractivity contribution in [3.8, 4) is 11.5 Å². The number of anilines is 2. The number of hydrogen-bond acceptors (Lipinski definition) is 5. The highest BCUT2D eigenvalue weighted by atomic mass is 16.5. The number of aromatic nitrogens is 2. The Labute approximate surface area is 204 Å². The summed E-state index contributed by atoms with van der Waals surface area (Å²) < 4.78 is 12.6. The third-order valence-electron chi connectivity index (χ3n) is 6.03. The predicted octanol–water partition coefficient (Wildman–Crippen LogP) is 5.52. The van der Waals surface area contributed by atoms with Gasteiger partial charge in [-0.3, -0.25) is 4.79 Å². The Kier molecular flexibility index (Phi) is 5.97. The number of carbonyl (C=O) groups excluding carboxylic acids is 1. The molecule has 0 fully saturated rings. The summed E-state index contributed by atoms with van der Waals surface area (Å²) in [6.45, 7) is 2.01. The van der Waals surface area contributed by atoms with E-state index in [9.17, 15) is 4.79 Å². The third kappa shape index (κ3) is 4.48. The third-order valence-corrected chi connectivity index (χ3v) is 6.03. The zero-order chi connectivity index (χ0) is 24.4. The number of nitrogens with zero attached hydrogens (tertiary/aromatic N) is 2. The molecule has 7 nitrogen and oxygen atoms in total. The zero-order valence-electron chi connectivity index (χ0n) is 19.8. The van der Waals surface area contributed by atoms with Crippen LogP contribution in [0.4, 0.5) is 11.5 Å². The molecule has 2 heterocycles. The Bertz CT molecular complexity index is 1390. The molecule has 1 aliphatic rings. The smallest absolute Gasteiger partial charge is 0.261 e. The monoisotopic (exact) mass is 466 g/mol. The van der Waals surface area contributed by atoms with Crippen molar-refractivity contribution < 1.29 is 14.3 Å². The van der Waals surface area contributed by atoms with Gasteiger partial charge in [0.1, 0.15) is 22.9 Å². The molecule has 0 saturated carbocycles. The molecule has 1 aromatic heterocycles. The number of aryl methyl sites for hydroxylation is 1. The van der Waals surface area contributed by atoms with E-state index < -0.39 is 0 Å². The molecule has 2 N–H and O–H groups in total. The molecule has 0 saturated heterocycles. The van der Waals surface area contributed by atoms with E-state index in [1.807, 2.05) is 84.4 Å². The Morgan fingerprint density at radius 1 is 0.971 bits per heavy atom. The lowest BCUT2D eigenvalue weighted by Gasteiger charge is -2.26. The Hall–Kier alpha value is -4.52. The maximum atomic E-state index is 13.2. The molecule has 1 aliphatic heterocycles. The van der Waals surface area contributed by atoms with Crippen LogP contribution in [-0.2, 0) is 0 Å². The number of rotatable bonds is 6. The van der Waals surface area contributed by atoms with Gasteiger partial charge in [0.25, 0.3) is 5.91 Å². The van der Waals surface area contributed by atoms with Gasteiger partial charge in [-0.05, 0) is 72.7 Å². The molecular weight excluding hydrogens is 440 g/mol. The minimum absolute atomic E-state index is 0.233. The van der Waals surface area contributed by atoms with Gasteiger partial charge >= 0.3 is 0 Å². The van der Waals surface area contributed by atoms with Crippen molar-refractivity contribution in [1.29, 1.82) is 0 Å². The first-order valence-electron chi connectivity index (χ1n) is 11.3. The fraction of sp³-hybridized carbons (Fsp3) is 0.143. The van der Waals surface area contributed by atoms with Gasteiger partial charge in [-0.15, -0.1) is 0 Å². The van der Waals surface area contributed by atoms with E-state index >= 15 is 0 Å². The molecule has 0 spiro atoms. The van der Waals surface area contributed by atoms with Crippen LogP contribution >= 0.6 is 0 Å². The molecule has 1 unspecified atom stereocenters. The number of fused-ring (bicyclic) bond motifs is 1. The van der Waals surface area contributed by atoms with Gasteiger partial charge in [-0.1, -0.05) is 29.8 Å². The molecular formula is C28H26N4O3. The fourth-order valence-electron chi connectivity index (χ4n) is 4.10. The molecule has 3 aromatic carbocycles. The highest BCUT2D eigenvalue weighted by Crippen LogP contribution is 2.36. The number of benzene rings is 3. The summed E-state index contributed by atoms with van der Waals surface area (Å²) in [4.78, 5) is 13.2. The first-order chi connectivity index (χ1) is 17.1. The molecule has 7 heteroatoms. The van der Waals surface area contributed by atoms with Gasteiger partial charge in [0.05, 0.1) is 26.5 Å². The summed E-state index contributed by atoms with van der Waals surface area (Å²) in [5, 5.41) is 11.0. The Morgan fingerprint density at radius 3 is 2.43 bits per heavy atom. The van der Waals surface area contributed by atoms with Gasteiger partial charge in [-0.25, -0.2) is 4.68 Å². The molecule has 35 heavy (non-hydrogen) atoms. The van der Waals surface area contributed by atoms with E-state index in [1.54, 1.807) is 20.4 Å². The summed E-state index contributed by atoms with van der Waals surface area (Å²) >= 11 is 0. The lowest BCUT2D eigenvalue weighted by atomic mass is 10.0. The molecule has 0 aliphatic carbocycles. The van der Waals surface area contributed by atoms with Crippen molar-refractivity contribution >= 4 is 23.1 Å². The average Bonchev–Trinajstić information content (AvgIpc) is 3.34. The summed E-state index contributed by atoms with van der Waals surface area (Å²) in [5.41, 5.74) is 5.15. The van der Waals surface area contributed by atoms with E-state index in [-0.39, 0.29) is 11.9 Å². The number of ether oxygens (including phenoxy) is 2. The van der Waals surface area contributed by atoms with Crippen molar-refractivity contribution in [3.05, 3.63) is 107 Å². The standard InChI is InChI=1S/C28H26N4O3/c1-18-7-11-21(12-8-18)30-28(33)24-17-29-32-26(20-5-4-6-23(15-20)35-3)16-25(31-27(24)32)19-9-13-22(34-2)14-10-19/h4-17,26,31H,1-3H3,(H,30,33). The van der Waals surface area contributed by atoms with Crippen LogP contribution in [0, 0.1) is 6.92 Å². The molecule has 0 bridgehead atoms. The maximum Gasteiger partial charge on any atom is 0.261 e. The van der Waals surface area contributed by atoms with E-state index in [0.717, 1.165) is 39.6 Å². The number of methoxy groups -OCH3 is 2. The van der Waals surface area contributed by atoms with E-state index in [1.165, 1.54) is 0 Å². The zero-order valence-corrected chi connectivity index (χ0v) is 19.8. The first kappa shape index (κ1) is 22.3. The van der Waals surface area contributed by atoms with Crippen molar-refractivity contribution in [2.24, 2.45) is 0 Å². The minimum atomic E-state index is -0.237. The number of hydrogen-bond donors (Lipinski definition) is 2. The molecule has 4 aromatic rings. The normalized spacial score (nSPS) is 14.4. The SMILES string of the molecule is COc1ccc(C2=CC(c3cccc(OC)c3)n3ncc(C(=O)Nc4ccc(C)cc4)c3N2)cc1. The second-order valence-corrected chi connectivity index (χ2v) is 8.33. The molecule has 1 atom stereocenters. The number of nitrogens with one attached hydrogen (secondary N) is 2. The van der Waals surface area contributed by atoms with Crippen molar-refractivity contribution in [1.82, 2.24) is 9.78 Å². The van der Waals surface area contributed by atoms with Crippen molar-refractivity contribution in [2.45, 2.75) is 13.0 Å². The summed E-state index contributed by atoms with van der Waals surface area (Å²) in [6.07, 6.45) is 3.70. The average molecular weight is 467 g/mol. The van der Waals surface area contributed by atoms with Crippen LogP contribution in [0.2, 0.25) is 0 Å². The van der Waals surface area contributed by atoms with Gasteiger partial charge in [0, 0.05) is 11.4 Å². The van der Waals surface area contributed by atoms with E-state index in [0.29, 0.717) is 11.4 Å². The van der Waals surface area contributed by atoms with Crippen LogP contribution in [0.3, 0.4) is 0 Å². The molecule has 0 radical (unpaired) electrons. The maximum absolute atomic E-state index is 13.2. The highest BCUT2D eigenvalue weighted by molar-refractivity contribution is 6.08. The van der Waals surface area contributed by atoms with Crippen LogP contribution < -0.4 is 20.1 Å². The highest BCUT2D eigenvalue weighted by Gasteiger charge is 2.28. The van der Waals surface area contributed by atoms with Crippen LogP contribution in [0.25, 0.3) is 5.70 Å². The van der Waals surface area contributed by atoms with Gasteiger partial charge < -0.3 is 20.1 Å². The van der Waals surface area contributed by atoms with Crippen molar-refractivity contribution in [2.75, 3.05) is 24.9 Å². The van der Waals surface area contributed by atoms with E-state index in [4.69, 9.17) is 9.47 Å². The van der Waals surface area contributed by atoms with Gasteiger partial charge in [0.15, 0.2) is 0 Å². The van der Waals surface area contributed by atoms with Crippen LogP contribution in [0.1, 0.15) is 33.1 Å². The minimum Gasteiger partial charge on any atom is -0.497 e. The van der Waals surface area contributed by atoms with Crippen LogP contribution in [0.15, 0.2) is 85.1 Å². The second kappa shape index (κ2) is 9.38. The topological polar surface area (TPSA) is 77.4 Å².